The third kappa shape index (κ3) is 3.02. The SMILES string of the molecule is O=C(O)CC1(CNC(=O)Cn2cnnn2)CCC1. The van der Waals surface area contributed by atoms with Gasteiger partial charge in [-0.25, -0.2) is 4.68 Å². The van der Waals surface area contributed by atoms with Crippen molar-refractivity contribution in [1.29, 1.82) is 0 Å². The molecule has 0 bridgehead atoms. The maximum atomic E-state index is 11.6. The molecule has 1 aliphatic carbocycles. The Labute approximate surface area is 103 Å². The largest absolute Gasteiger partial charge is 0.481 e. The van der Waals surface area contributed by atoms with Gasteiger partial charge in [0.05, 0.1) is 6.42 Å². The van der Waals surface area contributed by atoms with Gasteiger partial charge in [-0.1, -0.05) is 6.42 Å². The number of hydrogen-bond acceptors (Lipinski definition) is 5. The number of hydrogen-bond donors (Lipinski definition) is 2. The quantitative estimate of drug-likeness (QED) is 0.702. The number of aromatic nitrogens is 4. The highest BCUT2D eigenvalue weighted by Gasteiger charge is 2.39. The number of carboxylic acids is 1. The first kappa shape index (κ1) is 12.5. The zero-order valence-corrected chi connectivity index (χ0v) is 9.87. The summed E-state index contributed by atoms with van der Waals surface area (Å²) in [6, 6.07) is 0. The summed E-state index contributed by atoms with van der Waals surface area (Å²) in [5, 5.41) is 22.0. The Kier molecular flexibility index (Phi) is 3.54. The molecule has 1 heterocycles. The van der Waals surface area contributed by atoms with E-state index in [4.69, 9.17) is 5.11 Å². The number of tetrazole rings is 1. The minimum absolute atomic E-state index is 0.0517. The van der Waals surface area contributed by atoms with Crippen molar-refractivity contribution in [2.45, 2.75) is 32.2 Å². The summed E-state index contributed by atoms with van der Waals surface area (Å²) in [6.07, 6.45) is 4.19. The maximum absolute atomic E-state index is 11.6. The van der Waals surface area contributed by atoms with Gasteiger partial charge in [0.1, 0.15) is 12.9 Å². The number of carbonyl (C=O) groups excluding carboxylic acids is 1. The Balaban J connectivity index is 1.79. The third-order valence-electron chi connectivity index (χ3n) is 3.30. The Morgan fingerprint density at radius 1 is 1.44 bits per heavy atom. The first-order valence-corrected chi connectivity index (χ1v) is 5.79. The zero-order valence-electron chi connectivity index (χ0n) is 9.87. The standard InChI is InChI=1S/C10H15N5O3/c16-8(5-15-7-12-13-14-15)11-6-10(2-1-3-10)4-9(17)18/h7H,1-6H2,(H,11,16)(H,17,18). The van der Waals surface area contributed by atoms with E-state index in [0.717, 1.165) is 19.3 Å². The summed E-state index contributed by atoms with van der Waals surface area (Å²) in [7, 11) is 0. The molecule has 98 valence electrons. The molecular formula is C10H15N5O3. The Bertz CT molecular complexity index is 427. The average Bonchev–Trinajstić information content (AvgIpc) is 2.74. The number of nitrogens with zero attached hydrogens (tertiary/aromatic N) is 4. The molecule has 8 heteroatoms. The molecule has 1 aromatic heterocycles. The van der Waals surface area contributed by atoms with Crippen molar-refractivity contribution >= 4 is 11.9 Å². The van der Waals surface area contributed by atoms with Crippen LogP contribution in [0.1, 0.15) is 25.7 Å². The second-order valence-electron chi connectivity index (χ2n) is 4.71. The van der Waals surface area contributed by atoms with Crippen molar-refractivity contribution in [3.05, 3.63) is 6.33 Å². The molecule has 0 aliphatic heterocycles. The predicted molar refractivity (Wildman–Crippen MR) is 59.4 cm³/mol. The summed E-state index contributed by atoms with van der Waals surface area (Å²) in [5.41, 5.74) is -0.262. The number of aliphatic carboxylic acids is 1. The van der Waals surface area contributed by atoms with Crippen molar-refractivity contribution < 1.29 is 14.7 Å². The molecule has 18 heavy (non-hydrogen) atoms. The summed E-state index contributed by atoms with van der Waals surface area (Å²) < 4.78 is 1.32. The maximum Gasteiger partial charge on any atom is 0.303 e. The van der Waals surface area contributed by atoms with Gasteiger partial charge in [0.2, 0.25) is 5.91 Å². The summed E-state index contributed by atoms with van der Waals surface area (Å²) in [4.78, 5) is 22.4. The normalized spacial score (nSPS) is 16.9. The highest BCUT2D eigenvalue weighted by atomic mass is 16.4. The van der Waals surface area contributed by atoms with Gasteiger partial charge in [0.15, 0.2) is 0 Å². The van der Waals surface area contributed by atoms with E-state index < -0.39 is 5.97 Å². The van der Waals surface area contributed by atoms with Crippen LogP contribution in [0.2, 0.25) is 0 Å². The number of carboxylic acid groups (broad SMARTS) is 1. The van der Waals surface area contributed by atoms with Crippen molar-refractivity contribution in [1.82, 2.24) is 25.5 Å². The van der Waals surface area contributed by atoms with Crippen LogP contribution in [-0.4, -0.2) is 43.7 Å². The van der Waals surface area contributed by atoms with Crippen LogP contribution in [0.25, 0.3) is 0 Å². The molecule has 0 unspecified atom stereocenters. The molecule has 0 saturated heterocycles. The molecule has 0 spiro atoms. The van der Waals surface area contributed by atoms with E-state index in [1.54, 1.807) is 0 Å². The number of amides is 1. The molecule has 0 aromatic carbocycles. The van der Waals surface area contributed by atoms with E-state index >= 15 is 0 Å². The third-order valence-corrected chi connectivity index (χ3v) is 3.30. The van der Waals surface area contributed by atoms with E-state index in [1.165, 1.54) is 11.0 Å². The highest BCUT2D eigenvalue weighted by molar-refractivity contribution is 5.75. The van der Waals surface area contributed by atoms with Crippen molar-refractivity contribution in [2.24, 2.45) is 5.41 Å². The second kappa shape index (κ2) is 5.11. The molecule has 1 aromatic rings. The predicted octanol–water partition coefficient (Wildman–Crippen LogP) is -0.566. The topological polar surface area (TPSA) is 110 Å². The van der Waals surface area contributed by atoms with Crippen LogP contribution in [-0.2, 0) is 16.1 Å². The number of nitrogens with one attached hydrogen (secondary N) is 1. The van der Waals surface area contributed by atoms with Gasteiger partial charge in [-0.2, -0.15) is 0 Å². The van der Waals surface area contributed by atoms with Crippen LogP contribution in [0.15, 0.2) is 6.33 Å². The first-order valence-electron chi connectivity index (χ1n) is 5.79. The van der Waals surface area contributed by atoms with Crippen LogP contribution in [0.5, 0.6) is 0 Å². The second-order valence-corrected chi connectivity index (χ2v) is 4.71. The molecule has 0 atom stereocenters. The van der Waals surface area contributed by atoms with Crippen molar-refractivity contribution in [3.63, 3.8) is 0 Å². The molecule has 8 nitrogen and oxygen atoms in total. The van der Waals surface area contributed by atoms with E-state index in [2.05, 4.69) is 20.8 Å². The molecule has 1 fully saturated rings. The lowest BCUT2D eigenvalue weighted by atomic mass is 9.66. The Morgan fingerprint density at radius 3 is 2.72 bits per heavy atom. The number of carbonyl (C=O) groups is 2. The van der Waals surface area contributed by atoms with Crippen LogP contribution in [0.3, 0.4) is 0 Å². The number of rotatable bonds is 6. The molecule has 2 rings (SSSR count). The fraction of sp³-hybridized carbons (Fsp3) is 0.700. The van der Waals surface area contributed by atoms with Gasteiger partial charge >= 0.3 is 5.97 Å². The van der Waals surface area contributed by atoms with Gasteiger partial charge in [-0.05, 0) is 28.7 Å². The van der Waals surface area contributed by atoms with Gasteiger partial charge in [-0.15, -0.1) is 5.10 Å². The van der Waals surface area contributed by atoms with Gasteiger partial charge in [-0.3, -0.25) is 9.59 Å². The zero-order chi connectivity index (χ0) is 13.0. The average molecular weight is 253 g/mol. The molecule has 2 N–H and O–H groups in total. The molecule has 1 aliphatic rings. The first-order chi connectivity index (χ1) is 8.60. The van der Waals surface area contributed by atoms with Gasteiger partial charge in [0, 0.05) is 6.54 Å². The Hall–Kier alpha value is -1.99. The summed E-state index contributed by atoms with van der Waals surface area (Å²) in [5.74, 6) is -1.02. The van der Waals surface area contributed by atoms with Crippen LogP contribution in [0.4, 0.5) is 0 Å². The lowest BCUT2D eigenvalue weighted by molar-refractivity contribution is -0.141. The fourth-order valence-corrected chi connectivity index (χ4v) is 2.16. The minimum Gasteiger partial charge on any atom is -0.481 e. The van der Waals surface area contributed by atoms with Gasteiger partial charge < -0.3 is 10.4 Å². The minimum atomic E-state index is -0.815. The molecule has 1 saturated carbocycles. The Morgan fingerprint density at radius 2 is 2.22 bits per heavy atom. The van der Waals surface area contributed by atoms with E-state index in [-0.39, 0.29) is 24.3 Å². The van der Waals surface area contributed by atoms with Crippen LogP contribution < -0.4 is 5.32 Å². The molecule has 0 radical (unpaired) electrons. The van der Waals surface area contributed by atoms with Crippen molar-refractivity contribution in [3.8, 4) is 0 Å². The van der Waals surface area contributed by atoms with E-state index in [0.29, 0.717) is 6.54 Å². The summed E-state index contributed by atoms with van der Waals surface area (Å²) >= 11 is 0. The van der Waals surface area contributed by atoms with E-state index in [9.17, 15) is 9.59 Å². The molecule has 1 amide bonds. The monoisotopic (exact) mass is 253 g/mol. The smallest absolute Gasteiger partial charge is 0.303 e. The van der Waals surface area contributed by atoms with Gasteiger partial charge in [0.25, 0.3) is 0 Å². The highest BCUT2D eigenvalue weighted by Crippen LogP contribution is 2.43. The lowest BCUT2D eigenvalue weighted by Crippen LogP contribution is -2.44. The van der Waals surface area contributed by atoms with E-state index in [1.807, 2.05) is 0 Å². The molecular weight excluding hydrogens is 238 g/mol. The van der Waals surface area contributed by atoms with Crippen LogP contribution in [0, 0.1) is 5.41 Å². The van der Waals surface area contributed by atoms with Crippen molar-refractivity contribution in [2.75, 3.05) is 6.54 Å². The summed E-state index contributed by atoms with van der Waals surface area (Å²) in [6.45, 7) is 0.455. The fourth-order valence-electron chi connectivity index (χ4n) is 2.16. The van der Waals surface area contributed by atoms with Crippen LogP contribution >= 0.6 is 0 Å². The lowest BCUT2D eigenvalue weighted by Gasteiger charge is -2.40.